The van der Waals surface area contributed by atoms with Crippen LogP contribution >= 0.6 is 0 Å². The fourth-order valence-electron chi connectivity index (χ4n) is 1.68. The zero-order valence-electron chi connectivity index (χ0n) is 10.0. The summed E-state index contributed by atoms with van der Waals surface area (Å²) in [6.07, 6.45) is 6.12. The Bertz CT molecular complexity index is 452. The second-order valence-corrected chi connectivity index (χ2v) is 3.80. The van der Waals surface area contributed by atoms with Gasteiger partial charge in [-0.05, 0) is 19.0 Å². The molecule has 2 rings (SSSR count). The Morgan fingerprint density at radius 3 is 2.94 bits per heavy atom. The van der Waals surface area contributed by atoms with Crippen molar-refractivity contribution >= 4 is 0 Å². The summed E-state index contributed by atoms with van der Waals surface area (Å²) >= 11 is 0. The highest BCUT2D eigenvalue weighted by Crippen LogP contribution is 2.17. The first-order valence-corrected chi connectivity index (χ1v) is 5.66. The predicted octanol–water partition coefficient (Wildman–Crippen LogP) is 0.694. The second-order valence-electron chi connectivity index (χ2n) is 3.80. The standard InChI is InChI=1S/C11H16N6/c1-3-5-13-11(9-4-6-12-8-14-9)10-7-15-16-17(10)2/h4,6-8,11,13H,3,5H2,1-2H3. The van der Waals surface area contributed by atoms with Crippen LogP contribution in [-0.4, -0.2) is 31.5 Å². The lowest BCUT2D eigenvalue weighted by Crippen LogP contribution is -2.26. The molecule has 0 saturated heterocycles. The molecule has 1 unspecified atom stereocenters. The number of nitrogens with one attached hydrogen (secondary N) is 1. The maximum atomic E-state index is 4.29. The third-order valence-electron chi connectivity index (χ3n) is 2.54. The Kier molecular flexibility index (Phi) is 3.77. The highest BCUT2D eigenvalue weighted by atomic mass is 15.4. The summed E-state index contributed by atoms with van der Waals surface area (Å²) < 4.78 is 1.76. The summed E-state index contributed by atoms with van der Waals surface area (Å²) in [5, 5.41) is 11.3. The van der Waals surface area contributed by atoms with Crippen LogP contribution in [-0.2, 0) is 7.05 Å². The molecule has 0 aliphatic carbocycles. The van der Waals surface area contributed by atoms with Gasteiger partial charge in [0.25, 0.3) is 0 Å². The minimum absolute atomic E-state index is 0.0120. The van der Waals surface area contributed by atoms with Gasteiger partial charge in [-0.2, -0.15) is 0 Å². The molecular weight excluding hydrogens is 216 g/mol. The summed E-state index contributed by atoms with van der Waals surface area (Å²) in [6, 6.07) is 1.92. The summed E-state index contributed by atoms with van der Waals surface area (Å²) in [5.74, 6) is 0. The van der Waals surface area contributed by atoms with E-state index in [0.717, 1.165) is 24.4 Å². The third kappa shape index (κ3) is 2.65. The van der Waals surface area contributed by atoms with Crippen LogP contribution in [0.25, 0.3) is 0 Å². The van der Waals surface area contributed by atoms with Crippen LogP contribution in [0, 0.1) is 0 Å². The van der Waals surface area contributed by atoms with Gasteiger partial charge >= 0.3 is 0 Å². The Morgan fingerprint density at radius 1 is 1.47 bits per heavy atom. The molecule has 1 N–H and O–H groups in total. The monoisotopic (exact) mass is 232 g/mol. The van der Waals surface area contributed by atoms with Gasteiger partial charge in [-0.15, -0.1) is 5.10 Å². The van der Waals surface area contributed by atoms with Crippen molar-refractivity contribution in [1.29, 1.82) is 0 Å². The first kappa shape index (κ1) is 11.7. The van der Waals surface area contributed by atoms with E-state index in [1.807, 2.05) is 13.1 Å². The van der Waals surface area contributed by atoms with Crippen LogP contribution in [0.4, 0.5) is 0 Å². The van der Waals surface area contributed by atoms with Gasteiger partial charge in [0.1, 0.15) is 6.33 Å². The molecule has 2 aromatic rings. The highest BCUT2D eigenvalue weighted by molar-refractivity contribution is 5.18. The molecule has 0 aliphatic heterocycles. The fourth-order valence-corrected chi connectivity index (χ4v) is 1.68. The summed E-state index contributed by atoms with van der Waals surface area (Å²) in [4.78, 5) is 8.22. The molecule has 6 heteroatoms. The van der Waals surface area contributed by atoms with Crippen molar-refractivity contribution in [1.82, 2.24) is 30.3 Å². The smallest absolute Gasteiger partial charge is 0.115 e. The molecule has 0 bridgehead atoms. The van der Waals surface area contributed by atoms with Gasteiger partial charge in [-0.3, -0.25) is 4.68 Å². The van der Waals surface area contributed by atoms with Gasteiger partial charge in [0.2, 0.25) is 0 Å². The van der Waals surface area contributed by atoms with E-state index in [4.69, 9.17) is 0 Å². The van der Waals surface area contributed by atoms with Gasteiger partial charge in [0, 0.05) is 13.2 Å². The van der Waals surface area contributed by atoms with Crippen LogP contribution in [0.5, 0.6) is 0 Å². The van der Waals surface area contributed by atoms with E-state index < -0.39 is 0 Å². The Labute approximate surface area is 100 Å². The zero-order valence-corrected chi connectivity index (χ0v) is 10.0. The topological polar surface area (TPSA) is 68.5 Å². The van der Waals surface area contributed by atoms with Crippen molar-refractivity contribution in [3.8, 4) is 0 Å². The lowest BCUT2D eigenvalue weighted by molar-refractivity contribution is 0.540. The van der Waals surface area contributed by atoms with E-state index in [0.29, 0.717) is 0 Å². The van der Waals surface area contributed by atoms with E-state index in [2.05, 4.69) is 32.5 Å². The zero-order chi connectivity index (χ0) is 12.1. The summed E-state index contributed by atoms with van der Waals surface area (Å²) in [5.41, 5.74) is 1.93. The molecular formula is C11H16N6. The quantitative estimate of drug-likeness (QED) is 0.821. The molecule has 90 valence electrons. The van der Waals surface area contributed by atoms with Gasteiger partial charge in [-0.1, -0.05) is 12.1 Å². The molecule has 0 fully saturated rings. The molecule has 17 heavy (non-hydrogen) atoms. The van der Waals surface area contributed by atoms with Gasteiger partial charge in [0.15, 0.2) is 0 Å². The maximum absolute atomic E-state index is 4.29. The maximum Gasteiger partial charge on any atom is 0.115 e. The summed E-state index contributed by atoms with van der Waals surface area (Å²) in [6.45, 7) is 3.05. The van der Waals surface area contributed by atoms with E-state index in [-0.39, 0.29) is 6.04 Å². The number of hydrogen-bond acceptors (Lipinski definition) is 5. The van der Waals surface area contributed by atoms with Crippen molar-refractivity contribution < 1.29 is 0 Å². The second kappa shape index (κ2) is 5.49. The molecule has 6 nitrogen and oxygen atoms in total. The number of aromatic nitrogens is 5. The van der Waals surface area contributed by atoms with Crippen LogP contribution in [0.15, 0.2) is 24.8 Å². The minimum atomic E-state index is 0.0120. The molecule has 2 heterocycles. The van der Waals surface area contributed by atoms with Crippen molar-refractivity contribution in [2.45, 2.75) is 19.4 Å². The molecule has 0 amide bonds. The van der Waals surface area contributed by atoms with E-state index >= 15 is 0 Å². The van der Waals surface area contributed by atoms with Crippen LogP contribution < -0.4 is 5.32 Å². The number of nitrogens with zero attached hydrogens (tertiary/aromatic N) is 5. The normalized spacial score (nSPS) is 12.6. The van der Waals surface area contributed by atoms with E-state index in [9.17, 15) is 0 Å². The van der Waals surface area contributed by atoms with Crippen molar-refractivity contribution in [2.24, 2.45) is 7.05 Å². The van der Waals surface area contributed by atoms with Crippen molar-refractivity contribution in [3.63, 3.8) is 0 Å². The van der Waals surface area contributed by atoms with Gasteiger partial charge in [-0.25, -0.2) is 9.97 Å². The van der Waals surface area contributed by atoms with Gasteiger partial charge in [0.05, 0.1) is 23.6 Å². The third-order valence-corrected chi connectivity index (χ3v) is 2.54. The molecule has 1 atom stereocenters. The minimum Gasteiger partial charge on any atom is -0.304 e. The Hall–Kier alpha value is -1.82. The lowest BCUT2D eigenvalue weighted by atomic mass is 10.1. The Morgan fingerprint density at radius 2 is 2.35 bits per heavy atom. The van der Waals surface area contributed by atoms with E-state index in [1.54, 1.807) is 23.4 Å². The largest absolute Gasteiger partial charge is 0.304 e. The van der Waals surface area contributed by atoms with Crippen LogP contribution in [0.3, 0.4) is 0 Å². The van der Waals surface area contributed by atoms with Crippen LogP contribution in [0.1, 0.15) is 30.8 Å². The summed E-state index contributed by atoms with van der Waals surface area (Å²) in [7, 11) is 1.88. The molecule has 0 radical (unpaired) electrons. The first-order chi connectivity index (χ1) is 8.33. The number of aryl methyl sites for hydroxylation is 1. The van der Waals surface area contributed by atoms with Crippen LogP contribution in [0.2, 0.25) is 0 Å². The fraction of sp³-hybridized carbons (Fsp3) is 0.455. The highest BCUT2D eigenvalue weighted by Gasteiger charge is 2.18. The number of rotatable bonds is 5. The van der Waals surface area contributed by atoms with Gasteiger partial charge < -0.3 is 5.32 Å². The molecule has 0 spiro atoms. The first-order valence-electron chi connectivity index (χ1n) is 5.66. The number of hydrogen-bond donors (Lipinski definition) is 1. The Balaban J connectivity index is 2.29. The average Bonchev–Trinajstić information content (AvgIpc) is 2.78. The predicted molar refractivity (Wildman–Crippen MR) is 63.2 cm³/mol. The SMILES string of the molecule is CCCNC(c1ccncn1)c1cnnn1C. The van der Waals surface area contributed by atoms with Crippen molar-refractivity contribution in [3.05, 3.63) is 36.2 Å². The van der Waals surface area contributed by atoms with E-state index in [1.165, 1.54) is 0 Å². The molecule has 0 saturated carbocycles. The molecule has 0 aliphatic rings. The lowest BCUT2D eigenvalue weighted by Gasteiger charge is -2.17. The molecule has 0 aromatic carbocycles. The average molecular weight is 232 g/mol. The molecule has 2 aromatic heterocycles. The van der Waals surface area contributed by atoms with Crippen molar-refractivity contribution in [2.75, 3.05) is 6.54 Å².